The maximum absolute atomic E-state index is 14.2. The summed E-state index contributed by atoms with van der Waals surface area (Å²) < 4.78 is 5.39. The number of nitrogens with zero attached hydrogens (tertiary/aromatic N) is 1. The Bertz CT molecular complexity index is 1160. The molecular weight excluding hydrogens is 496 g/mol. The highest BCUT2D eigenvalue weighted by Gasteiger charge is 2.42. The molecule has 4 N–H and O–H groups in total. The zero-order valence-corrected chi connectivity index (χ0v) is 23.2. The molecular formula is C30H40N4O5. The topological polar surface area (TPSA) is 131 Å². The molecule has 4 amide bonds. The summed E-state index contributed by atoms with van der Waals surface area (Å²) in [5, 5.41) is 5.64. The molecule has 2 unspecified atom stereocenters. The largest absolute Gasteiger partial charge is 0.444 e. The molecule has 210 valence electrons. The fraction of sp³-hybridized carbons (Fsp3) is 0.467. The molecule has 0 spiro atoms. The van der Waals surface area contributed by atoms with Crippen LogP contribution in [-0.4, -0.2) is 46.4 Å². The summed E-state index contributed by atoms with van der Waals surface area (Å²) in [5.74, 6) is -1.36. The van der Waals surface area contributed by atoms with E-state index in [0.717, 1.165) is 30.4 Å². The molecule has 3 rings (SSSR count). The Labute approximate surface area is 230 Å². The molecule has 1 saturated carbocycles. The minimum absolute atomic E-state index is 0.0112. The number of ether oxygens (including phenoxy) is 1. The van der Waals surface area contributed by atoms with E-state index in [1.165, 1.54) is 0 Å². The van der Waals surface area contributed by atoms with Gasteiger partial charge in [-0.15, -0.1) is 0 Å². The van der Waals surface area contributed by atoms with Crippen LogP contribution < -0.4 is 16.4 Å². The van der Waals surface area contributed by atoms with E-state index in [1.807, 2.05) is 61.5 Å². The minimum atomic E-state index is -1.10. The van der Waals surface area contributed by atoms with E-state index in [2.05, 4.69) is 10.6 Å². The Balaban J connectivity index is 1.97. The van der Waals surface area contributed by atoms with Gasteiger partial charge >= 0.3 is 6.09 Å². The van der Waals surface area contributed by atoms with E-state index in [0.29, 0.717) is 12.1 Å². The molecule has 39 heavy (non-hydrogen) atoms. The molecule has 0 heterocycles. The molecule has 0 bridgehead atoms. The summed E-state index contributed by atoms with van der Waals surface area (Å²) in [4.78, 5) is 54.0. The van der Waals surface area contributed by atoms with Crippen molar-refractivity contribution in [3.05, 3.63) is 71.3 Å². The maximum Gasteiger partial charge on any atom is 0.408 e. The van der Waals surface area contributed by atoms with Crippen LogP contribution in [0.5, 0.6) is 0 Å². The van der Waals surface area contributed by atoms with Gasteiger partial charge in [-0.05, 0) is 70.1 Å². The van der Waals surface area contributed by atoms with Crippen molar-refractivity contribution in [2.45, 2.75) is 90.1 Å². The second-order valence-electron chi connectivity index (χ2n) is 11.0. The Morgan fingerprint density at radius 3 is 2.23 bits per heavy atom. The van der Waals surface area contributed by atoms with Gasteiger partial charge in [0.1, 0.15) is 17.7 Å². The third-order valence-corrected chi connectivity index (χ3v) is 6.71. The van der Waals surface area contributed by atoms with Gasteiger partial charge in [-0.3, -0.25) is 14.4 Å². The van der Waals surface area contributed by atoms with Gasteiger partial charge in [0, 0.05) is 19.0 Å². The third kappa shape index (κ3) is 8.56. The van der Waals surface area contributed by atoms with Gasteiger partial charge in [-0.2, -0.15) is 0 Å². The smallest absolute Gasteiger partial charge is 0.408 e. The zero-order chi connectivity index (χ0) is 28.6. The van der Waals surface area contributed by atoms with Crippen LogP contribution in [0.2, 0.25) is 0 Å². The number of amides is 4. The van der Waals surface area contributed by atoms with E-state index in [-0.39, 0.29) is 24.8 Å². The van der Waals surface area contributed by atoms with Gasteiger partial charge < -0.3 is 26.0 Å². The van der Waals surface area contributed by atoms with Crippen molar-refractivity contribution in [1.29, 1.82) is 0 Å². The van der Waals surface area contributed by atoms with Crippen LogP contribution in [-0.2, 0) is 25.7 Å². The number of nitrogens with one attached hydrogen (secondary N) is 2. The maximum atomic E-state index is 14.2. The Hall–Kier alpha value is -3.88. The highest BCUT2D eigenvalue weighted by Crippen LogP contribution is 2.35. The lowest BCUT2D eigenvalue weighted by atomic mass is 9.87. The summed E-state index contributed by atoms with van der Waals surface area (Å²) in [6.45, 7) is 7.37. The van der Waals surface area contributed by atoms with Crippen molar-refractivity contribution in [1.82, 2.24) is 15.5 Å². The Kier molecular flexibility index (Phi) is 10.1. The van der Waals surface area contributed by atoms with Crippen molar-refractivity contribution in [3.63, 3.8) is 0 Å². The number of hydrogen-bond acceptors (Lipinski definition) is 5. The summed E-state index contributed by atoms with van der Waals surface area (Å²) in [6.07, 6.45) is 1.48. The van der Waals surface area contributed by atoms with E-state index < -0.39 is 35.6 Å². The molecule has 0 aromatic heterocycles. The monoisotopic (exact) mass is 536 g/mol. The predicted octanol–water partition coefficient (Wildman–Crippen LogP) is 3.89. The van der Waals surface area contributed by atoms with Crippen LogP contribution >= 0.6 is 0 Å². The van der Waals surface area contributed by atoms with Crippen molar-refractivity contribution >= 4 is 23.8 Å². The van der Waals surface area contributed by atoms with Gasteiger partial charge in [0.05, 0.1) is 0 Å². The standard InChI is InChI=1S/C30H40N4O5/c1-20-11-8-9-16-23(20)26(27(36)32-19-21-12-6-5-7-13-21)34(22-14-10-15-22)28(37)24(17-18-25(31)35)33-29(38)39-30(2,3)4/h5-9,11-13,16,22,24,26H,10,14-15,17-19H2,1-4H3,(H2,31,35)(H,32,36)(H,33,38). The lowest BCUT2D eigenvalue weighted by Gasteiger charge is -2.44. The summed E-state index contributed by atoms with van der Waals surface area (Å²) in [7, 11) is 0. The molecule has 0 aliphatic heterocycles. The van der Waals surface area contributed by atoms with E-state index >= 15 is 0 Å². The van der Waals surface area contributed by atoms with Crippen LogP contribution in [0.3, 0.4) is 0 Å². The first-order valence-corrected chi connectivity index (χ1v) is 13.4. The fourth-order valence-corrected chi connectivity index (χ4v) is 4.55. The third-order valence-electron chi connectivity index (χ3n) is 6.71. The number of hydrogen-bond donors (Lipinski definition) is 3. The van der Waals surface area contributed by atoms with Crippen molar-refractivity contribution in [2.75, 3.05) is 0 Å². The van der Waals surface area contributed by atoms with E-state index in [1.54, 1.807) is 25.7 Å². The molecule has 1 fully saturated rings. The quantitative estimate of drug-likeness (QED) is 0.401. The fourth-order valence-electron chi connectivity index (χ4n) is 4.55. The first kappa shape index (κ1) is 29.7. The number of carbonyl (C=O) groups is 4. The Morgan fingerprint density at radius 1 is 1.03 bits per heavy atom. The van der Waals surface area contributed by atoms with Crippen LogP contribution in [0.15, 0.2) is 54.6 Å². The average molecular weight is 537 g/mol. The minimum Gasteiger partial charge on any atom is -0.444 e. The summed E-state index contributed by atoms with van der Waals surface area (Å²) in [5.41, 5.74) is 7.11. The van der Waals surface area contributed by atoms with Gasteiger partial charge in [0.25, 0.3) is 0 Å². The lowest BCUT2D eigenvalue weighted by Crippen LogP contribution is -2.57. The number of alkyl carbamates (subject to hydrolysis) is 1. The number of aryl methyl sites for hydroxylation is 1. The van der Waals surface area contributed by atoms with Crippen molar-refractivity contribution in [3.8, 4) is 0 Å². The number of primary amides is 1. The summed E-state index contributed by atoms with van der Waals surface area (Å²) in [6, 6.07) is 14.8. The average Bonchev–Trinajstić information content (AvgIpc) is 2.83. The van der Waals surface area contributed by atoms with Crippen LogP contribution in [0, 0.1) is 6.92 Å². The number of carbonyl (C=O) groups excluding carboxylic acids is 4. The molecule has 0 saturated heterocycles. The molecule has 2 aromatic rings. The summed E-state index contributed by atoms with van der Waals surface area (Å²) >= 11 is 0. The van der Waals surface area contributed by atoms with Gasteiger partial charge in [-0.25, -0.2) is 4.79 Å². The number of nitrogens with two attached hydrogens (primary N) is 1. The molecule has 1 aliphatic carbocycles. The molecule has 0 radical (unpaired) electrons. The number of benzene rings is 2. The highest BCUT2D eigenvalue weighted by atomic mass is 16.6. The van der Waals surface area contributed by atoms with Crippen LogP contribution in [0.1, 0.15) is 75.6 Å². The second kappa shape index (κ2) is 13.3. The lowest BCUT2D eigenvalue weighted by molar-refractivity contribution is -0.147. The van der Waals surface area contributed by atoms with Crippen LogP contribution in [0.25, 0.3) is 0 Å². The van der Waals surface area contributed by atoms with Gasteiger partial charge in [-0.1, -0.05) is 54.6 Å². The SMILES string of the molecule is Cc1ccccc1C(C(=O)NCc1ccccc1)N(C(=O)C(CCC(N)=O)NC(=O)OC(C)(C)C)C1CCC1. The van der Waals surface area contributed by atoms with E-state index in [9.17, 15) is 19.2 Å². The molecule has 2 aromatic carbocycles. The Morgan fingerprint density at radius 2 is 1.67 bits per heavy atom. The first-order chi connectivity index (χ1) is 18.5. The second-order valence-corrected chi connectivity index (χ2v) is 11.0. The van der Waals surface area contributed by atoms with Gasteiger partial charge in [0.15, 0.2) is 0 Å². The molecule has 9 nitrogen and oxygen atoms in total. The van der Waals surface area contributed by atoms with Crippen molar-refractivity contribution in [2.24, 2.45) is 5.73 Å². The zero-order valence-electron chi connectivity index (χ0n) is 23.2. The molecule has 2 atom stereocenters. The number of rotatable bonds is 11. The highest BCUT2D eigenvalue weighted by molar-refractivity contribution is 5.93. The first-order valence-electron chi connectivity index (χ1n) is 13.4. The van der Waals surface area contributed by atoms with Gasteiger partial charge in [0.2, 0.25) is 17.7 Å². The van der Waals surface area contributed by atoms with Crippen molar-refractivity contribution < 1.29 is 23.9 Å². The predicted molar refractivity (Wildman–Crippen MR) is 148 cm³/mol. The molecule has 9 heteroatoms. The van der Waals surface area contributed by atoms with E-state index in [4.69, 9.17) is 10.5 Å². The normalized spacial score (nSPS) is 14.9. The molecule has 1 aliphatic rings. The van der Waals surface area contributed by atoms with Crippen LogP contribution in [0.4, 0.5) is 4.79 Å².